The molecule has 4 bridgehead atoms. The van der Waals surface area contributed by atoms with Gasteiger partial charge in [-0.1, -0.05) is 0 Å². The number of hydrogen-bond donors (Lipinski definition) is 1. The summed E-state index contributed by atoms with van der Waals surface area (Å²) in [5, 5.41) is 9.04. The summed E-state index contributed by atoms with van der Waals surface area (Å²) in [5.74, 6) is -2.69. The number of rotatable bonds is 1. The highest BCUT2D eigenvalue weighted by atomic mass is 19.3. The zero-order valence-electron chi connectivity index (χ0n) is 6.76. The highest BCUT2D eigenvalue weighted by Gasteiger charge is 2.84. The van der Waals surface area contributed by atoms with E-state index in [1.54, 1.807) is 0 Å². The minimum atomic E-state index is -2.56. The molecule has 4 rings (SSSR count). The van der Waals surface area contributed by atoms with E-state index in [4.69, 9.17) is 5.11 Å². The van der Waals surface area contributed by atoms with Crippen molar-refractivity contribution < 1.29 is 13.9 Å². The maximum absolute atomic E-state index is 13.6. The molecule has 4 fully saturated rings. The highest BCUT2D eigenvalue weighted by Crippen LogP contribution is 2.80. The lowest BCUT2D eigenvalue weighted by molar-refractivity contribution is -0.141. The molecule has 1 nitrogen and oxygen atoms in total. The van der Waals surface area contributed by atoms with Crippen LogP contribution < -0.4 is 0 Å². The van der Waals surface area contributed by atoms with Crippen LogP contribution in [0.1, 0.15) is 19.3 Å². The van der Waals surface area contributed by atoms with Gasteiger partial charge in [-0.3, -0.25) is 0 Å². The van der Waals surface area contributed by atoms with Crippen LogP contribution in [-0.2, 0) is 0 Å². The zero-order chi connectivity index (χ0) is 8.56. The van der Waals surface area contributed by atoms with E-state index in [-0.39, 0.29) is 18.4 Å². The molecular weight excluding hydrogens is 162 g/mol. The van der Waals surface area contributed by atoms with Crippen LogP contribution in [0.3, 0.4) is 0 Å². The second-order valence-electron chi connectivity index (χ2n) is 4.54. The Hall–Kier alpha value is -0.180. The Labute approximate surface area is 69.8 Å². The third-order valence-electron chi connectivity index (χ3n) is 4.46. The standard InChI is InChI=1S/C9H12F2O/c10-9(11)5-1-2-6-7(3-5)8(6,9)4-12/h5-7,12H,1-4H2. The Morgan fingerprint density at radius 1 is 1.25 bits per heavy atom. The van der Waals surface area contributed by atoms with Crippen molar-refractivity contribution in [2.75, 3.05) is 6.61 Å². The molecule has 0 spiro atoms. The minimum absolute atomic E-state index is 0.141. The molecule has 0 radical (unpaired) electrons. The summed E-state index contributed by atoms with van der Waals surface area (Å²) in [6.07, 6.45) is 2.26. The monoisotopic (exact) mass is 174 g/mol. The van der Waals surface area contributed by atoms with E-state index >= 15 is 0 Å². The Morgan fingerprint density at radius 2 is 2.00 bits per heavy atom. The average Bonchev–Trinajstić information content (AvgIpc) is 2.67. The second kappa shape index (κ2) is 1.69. The number of alkyl halides is 2. The Morgan fingerprint density at radius 3 is 2.33 bits per heavy atom. The van der Waals surface area contributed by atoms with Crippen LogP contribution in [0.5, 0.6) is 0 Å². The van der Waals surface area contributed by atoms with Gasteiger partial charge in [0.25, 0.3) is 5.92 Å². The molecule has 0 aliphatic heterocycles. The SMILES string of the molecule is OCC12C3CCC(CC31)C2(F)F. The predicted octanol–water partition coefficient (Wildman–Crippen LogP) is 1.66. The number of fused-ring (bicyclic) bond motifs is 1. The summed E-state index contributed by atoms with van der Waals surface area (Å²) >= 11 is 0. The van der Waals surface area contributed by atoms with E-state index in [0.717, 1.165) is 6.42 Å². The van der Waals surface area contributed by atoms with Crippen LogP contribution >= 0.6 is 0 Å². The van der Waals surface area contributed by atoms with E-state index in [2.05, 4.69) is 0 Å². The van der Waals surface area contributed by atoms with Gasteiger partial charge in [-0.15, -0.1) is 0 Å². The average molecular weight is 174 g/mol. The molecule has 4 saturated carbocycles. The number of halogens is 2. The lowest BCUT2D eigenvalue weighted by Crippen LogP contribution is -2.41. The van der Waals surface area contributed by atoms with Gasteiger partial charge in [0.05, 0.1) is 12.0 Å². The second-order valence-corrected chi connectivity index (χ2v) is 4.54. The summed E-state index contributed by atoms with van der Waals surface area (Å²) < 4.78 is 27.1. The van der Waals surface area contributed by atoms with Crippen LogP contribution in [0.2, 0.25) is 0 Å². The van der Waals surface area contributed by atoms with E-state index in [1.165, 1.54) is 0 Å². The fraction of sp³-hybridized carbons (Fsp3) is 1.00. The van der Waals surface area contributed by atoms with E-state index in [1.807, 2.05) is 0 Å². The topological polar surface area (TPSA) is 20.2 Å². The van der Waals surface area contributed by atoms with Crippen molar-refractivity contribution in [3.63, 3.8) is 0 Å². The quantitative estimate of drug-likeness (QED) is 0.641. The molecule has 68 valence electrons. The fourth-order valence-electron chi connectivity index (χ4n) is 3.79. The van der Waals surface area contributed by atoms with Crippen LogP contribution in [0.25, 0.3) is 0 Å². The van der Waals surface area contributed by atoms with Crippen molar-refractivity contribution in [3.05, 3.63) is 0 Å². The zero-order valence-corrected chi connectivity index (χ0v) is 6.76. The van der Waals surface area contributed by atoms with Gasteiger partial charge in [0, 0.05) is 5.92 Å². The molecule has 0 aromatic carbocycles. The first-order valence-corrected chi connectivity index (χ1v) is 4.63. The Kier molecular flexibility index (Phi) is 1.02. The van der Waals surface area contributed by atoms with E-state index < -0.39 is 17.3 Å². The first-order chi connectivity index (χ1) is 5.64. The van der Waals surface area contributed by atoms with Crippen molar-refractivity contribution >= 4 is 0 Å². The molecule has 4 aliphatic carbocycles. The normalized spacial score (nSPS) is 58.8. The van der Waals surface area contributed by atoms with Crippen molar-refractivity contribution in [2.45, 2.75) is 25.2 Å². The molecule has 0 heterocycles. The molecule has 4 unspecified atom stereocenters. The third-order valence-corrected chi connectivity index (χ3v) is 4.46. The first kappa shape index (κ1) is 7.25. The first-order valence-electron chi connectivity index (χ1n) is 4.63. The molecule has 3 heteroatoms. The largest absolute Gasteiger partial charge is 0.396 e. The van der Waals surface area contributed by atoms with Gasteiger partial charge in [0.1, 0.15) is 0 Å². The van der Waals surface area contributed by atoms with Crippen molar-refractivity contribution in [3.8, 4) is 0 Å². The summed E-state index contributed by atoms with van der Waals surface area (Å²) in [5.41, 5.74) is -0.962. The maximum Gasteiger partial charge on any atom is 0.259 e. The predicted molar refractivity (Wildman–Crippen MR) is 38.8 cm³/mol. The third kappa shape index (κ3) is 0.458. The lowest BCUT2D eigenvalue weighted by Gasteiger charge is -2.34. The summed E-state index contributed by atoms with van der Waals surface area (Å²) in [6.45, 7) is -0.300. The number of aliphatic hydroxyl groups is 1. The van der Waals surface area contributed by atoms with Crippen LogP contribution in [0.15, 0.2) is 0 Å². The molecule has 0 saturated heterocycles. The number of hydrogen-bond acceptors (Lipinski definition) is 1. The molecule has 0 amide bonds. The molecule has 12 heavy (non-hydrogen) atoms. The van der Waals surface area contributed by atoms with Crippen molar-refractivity contribution in [1.29, 1.82) is 0 Å². The summed E-state index contributed by atoms with van der Waals surface area (Å²) in [7, 11) is 0. The Balaban J connectivity index is 2.06. The molecule has 0 aromatic heterocycles. The molecule has 4 atom stereocenters. The van der Waals surface area contributed by atoms with E-state index in [0.29, 0.717) is 12.8 Å². The van der Waals surface area contributed by atoms with Crippen molar-refractivity contribution in [1.82, 2.24) is 0 Å². The molecule has 1 N–H and O–H groups in total. The van der Waals surface area contributed by atoms with Gasteiger partial charge < -0.3 is 5.11 Å². The van der Waals surface area contributed by atoms with Gasteiger partial charge in [0.2, 0.25) is 0 Å². The smallest absolute Gasteiger partial charge is 0.259 e. The van der Waals surface area contributed by atoms with Gasteiger partial charge in [0.15, 0.2) is 0 Å². The Bertz CT molecular complexity index is 235. The van der Waals surface area contributed by atoms with Crippen LogP contribution in [0, 0.1) is 23.2 Å². The van der Waals surface area contributed by atoms with Crippen LogP contribution in [-0.4, -0.2) is 17.6 Å². The van der Waals surface area contributed by atoms with E-state index in [9.17, 15) is 8.78 Å². The number of aliphatic hydroxyl groups excluding tert-OH is 1. The van der Waals surface area contributed by atoms with Gasteiger partial charge in [-0.2, -0.15) is 0 Å². The maximum atomic E-state index is 13.6. The van der Waals surface area contributed by atoms with Crippen molar-refractivity contribution in [2.24, 2.45) is 23.2 Å². The fourth-order valence-corrected chi connectivity index (χ4v) is 3.79. The summed E-state index contributed by atoms with van der Waals surface area (Å²) in [4.78, 5) is 0. The van der Waals surface area contributed by atoms with Gasteiger partial charge in [-0.05, 0) is 31.1 Å². The lowest BCUT2D eigenvalue weighted by atomic mass is 9.78. The van der Waals surface area contributed by atoms with Gasteiger partial charge in [-0.25, -0.2) is 8.78 Å². The highest BCUT2D eigenvalue weighted by molar-refractivity contribution is 5.26. The minimum Gasteiger partial charge on any atom is -0.396 e. The molecule has 4 aliphatic rings. The molecular formula is C9H12F2O. The van der Waals surface area contributed by atoms with Crippen LogP contribution in [0.4, 0.5) is 8.78 Å². The molecule has 0 aromatic rings. The van der Waals surface area contributed by atoms with Gasteiger partial charge >= 0.3 is 0 Å². The summed E-state index contributed by atoms with van der Waals surface area (Å²) in [6, 6.07) is 0.